The fourth-order valence-corrected chi connectivity index (χ4v) is 3.72. The Bertz CT molecular complexity index is 1310. The van der Waals surface area contributed by atoms with Gasteiger partial charge in [-0.15, -0.1) is 0 Å². The molecular weight excluding hydrogens is 485 g/mol. The minimum Gasteiger partial charge on any atom is -0.497 e. The molecule has 0 bridgehead atoms. The van der Waals surface area contributed by atoms with Crippen molar-refractivity contribution in [3.05, 3.63) is 69.1 Å². The van der Waals surface area contributed by atoms with Gasteiger partial charge in [-0.05, 0) is 29.8 Å². The highest BCUT2D eigenvalue weighted by Crippen LogP contribution is 2.35. The number of methoxy groups -OCH3 is 1. The predicted octanol–water partition coefficient (Wildman–Crippen LogP) is 3.51. The van der Waals surface area contributed by atoms with Crippen molar-refractivity contribution < 1.29 is 41.7 Å². The number of H-pyrrole nitrogens is 1. The normalized spacial score (nSPS) is 12.5. The van der Waals surface area contributed by atoms with Gasteiger partial charge in [-0.3, -0.25) is 14.7 Å². The summed E-state index contributed by atoms with van der Waals surface area (Å²) in [5.74, 6) is 1.14. The van der Waals surface area contributed by atoms with Crippen LogP contribution >= 0.6 is 0 Å². The van der Waals surface area contributed by atoms with Crippen LogP contribution in [0.25, 0.3) is 0 Å². The van der Waals surface area contributed by atoms with Crippen molar-refractivity contribution in [3.8, 4) is 23.0 Å². The fraction of sp³-hybridized carbons (Fsp3) is 0.333. The van der Waals surface area contributed by atoms with Gasteiger partial charge in [-0.2, -0.15) is 13.2 Å². The van der Waals surface area contributed by atoms with E-state index in [-0.39, 0.29) is 38.7 Å². The number of nitrogens with zero attached hydrogens (tertiary/aromatic N) is 1. The zero-order chi connectivity index (χ0) is 25.9. The molecule has 36 heavy (non-hydrogen) atoms. The van der Waals surface area contributed by atoms with Crippen molar-refractivity contribution in [2.24, 2.45) is 0 Å². The zero-order valence-corrected chi connectivity index (χ0v) is 19.4. The Morgan fingerprint density at radius 3 is 2.61 bits per heavy atom. The van der Waals surface area contributed by atoms with E-state index in [1.54, 1.807) is 30.3 Å². The Morgan fingerprint density at radius 2 is 1.89 bits per heavy atom. The van der Waals surface area contributed by atoms with Gasteiger partial charge in [0.25, 0.3) is 5.56 Å². The number of aromatic amines is 1. The first-order valence-corrected chi connectivity index (χ1v) is 10.9. The Hall–Kier alpha value is -4.09. The van der Waals surface area contributed by atoms with Crippen LogP contribution in [-0.2, 0) is 28.7 Å². The number of carbonyl (C=O) groups excluding carboxylic acids is 1. The van der Waals surface area contributed by atoms with E-state index in [1.165, 1.54) is 20.1 Å². The van der Waals surface area contributed by atoms with Gasteiger partial charge in [-0.1, -0.05) is 6.07 Å². The van der Waals surface area contributed by atoms with Crippen molar-refractivity contribution in [2.45, 2.75) is 26.1 Å². The molecule has 1 aliphatic heterocycles. The van der Waals surface area contributed by atoms with Crippen LogP contribution in [0.5, 0.6) is 23.0 Å². The van der Waals surface area contributed by atoms with E-state index < -0.39 is 29.0 Å². The number of aromatic nitrogens is 2. The lowest BCUT2D eigenvalue weighted by atomic mass is 10.0. The fourth-order valence-electron chi connectivity index (χ4n) is 3.72. The molecule has 0 radical (unpaired) electrons. The topological polar surface area (TPSA) is 101 Å². The molecule has 1 N–H and O–H groups in total. The number of esters is 1. The average Bonchev–Trinajstić information content (AvgIpc) is 3.42. The maximum absolute atomic E-state index is 13.8. The van der Waals surface area contributed by atoms with Crippen LogP contribution in [-0.4, -0.2) is 42.9 Å². The first kappa shape index (κ1) is 25.0. The maximum Gasteiger partial charge on any atom is 0.433 e. The van der Waals surface area contributed by atoms with E-state index in [2.05, 4.69) is 5.10 Å². The monoisotopic (exact) mass is 508 g/mol. The van der Waals surface area contributed by atoms with Crippen molar-refractivity contribution in [3.63, 3.8) is 0 Å². The molecule has 2 aromatic carbocycles. The van der Waals surface area contributed by atoms with E-state index in [0.29, 0.717) is 28.4 Å². The quantitative estimate of drug-likeness (QED) is 0.349. The maximum atomic E-state index is 13.8. The average molecular weight is 508 g/mol. The number of fused-ring (bicyclic) bond motifs is 1. The van der Waals surface area contributed by atoms with Gasteiger partial charge in [0.05, 0.1) is 19.2 Å². The number of rotatable bonds is 9. The van der Waals surface area contributed by atoms with Gasteiger partial charge >= 0.3 is 12.1 Å². The molecule has 0 fully saturated rings. The van der Waals surface area contributed by atoms with Crippen LogP contribution in [0.15, 0.2) is 41.2 Å². The molecule has 4 rings (SSSR count). The molecule has 9 nitrogen and oxygen atoms in total. The van der Waals surface area contributed by atoms with Crippen LogP contribution < -0.4 is 24.5 Å². The lowest BCUT2D eigenvalue weighted by molar-refractivity contribution is -0.142. The first-order chi connectivity index (χ1) is 17.2. The molecule has 0 amide bonds. The number of halogens is 3. The first-order valence-electron chi connectivity index (χ1n) is 10.9. The Morgan fingerprint density at radius 1 is 1.11 bits per heavy atom. The van der Waals surface area contributed by atoms with Crippen molar-refractivity contribution in [1.29, 1.82) is 0 Å². The number of nitrogens with one attached hydrogen (secondary N) is 1. The van der Waals surface area contributed by atoms with Crippen LogP contribution in [0.2, 0.25) is 0 Å². The SMILES string of the molecule is COc1ccc(Cn2[nH]c(C(F)(F)F)c(Cc3ccc4c(c3)OCO4)c2=O)c(OCCOC(C)=O)c1. The third-order valence-electron chi connectivity index (χ3n) is 5.40. The highest BCUT2D eigenvalue weighted by molar-refractivity contribution is 5.65. The van der Waals surface area contributed by atoms with Crippen LogP contribution in [0.1, 0.15) is 29.3 Å². The second-order valence-corrected chi connectivity index (χ2v) is 7.88. The minimum atomic E-state index is -4.78. The van der Waals surface area contributed by atoms with Crippen molar-refractivity contribution in [1.82, 2.24) is 9.78 Å². The number of benzene rings is 2. The summed E-state index contributed by atoms with van der Waals surface area (Å²) in [5, 5.41) is 2.22. The summed E-state index contributed by atoms with van der Waals surface area (Å²) in [5.41, 5.74) is -1.48. The van der Waals surface area contributed by atoms with Crippen LogP contribution in [0.3, 0.4) is 0 Å². The number of ether oxygens (including phenoxy) is 5. The second kappa shape index (κ2) is 10.3. The third kappa shape index (κ3) is 5.58. The highest BCUT2D eigenvalue weighted by Gasteiger charge is 2.38. The molecule has 2 heterocycles. The van der Waals surface area contributed by atoms with Gasteiger partial charge in [0.1, 0.15) is 30.4 Å². The van der Waals surface area contributed by atoms with Gasteiger partial charge in [-0.25, -0.2) is 4.68 Å². The molecule has 1 aromatic heterocycles. The molecule has 0 unspecified atom stereocenters. The Labute approximate surface area is 203 Å². The second-order valence-electron chi connectivity index (χ2n) is 7.88. The molecule has 12 heteroatoms. The largest absolute Gasteiger partial charge is 0.497 e. The van der Waals surface area contributed by atoms with Gasteiger partial charge in [0.15, 0.2) is 11.5 Å². The van der Waals surface area contributed by atoms with E-state index in [4.69, 9.17) is 23.7 Å². The summed E-state index contributed by atoms with van der Waals surface area (Å²) in [6.45, 7) is 1.04. The van der Waals surface area contributed by atoms with Gasteiger partial charge in [0.2, 0.25) is 6.79 Å². The van der Waals surface area contributed by atoms with Gasteiger partial charge < -0.3 is 23.7 Å². The summed E-state index contributed by atoms with van der Waals surface area (Å²) in [4.78, 5) is 24.1. The van der Waals surface area contributed by atoms with Crippen LogP contribution in [0.4, 0.5) is 13.2 Å². The predicted molar refractivity (Wildman–Crippen MR) is 120 cm³/mol. The number of carbonyl (C=O) groups is 1. The summed E-state index contributed by atoms with van der Waals surface area (Å²) in [6, 6.07) is 9.45. The van der Waals surface area contributed by atoms with Gasteiger partial charge in [0, 0.05) is 25.0 Å². The summed E-state index contributed by atoms with van der Waals surface area (Å²) in [7, 11) is 1.45. The van der Waals surface area contributed by atoms with E-state index in [0.717, 1.165) is 4.68 Å². The smallest absolute Gasteiger partial charge is 0.433 e. The molecule has 0 saturated heterocycles. The van der Waals surface area contributed by atoms with Crippen molar-refractivity contribution >= 4 is 5.97 Å². The minimum absolute atomic E-state index is 0.00252. The molecule has 192 valence electrons. The lowest BCUT2D eigenvalue weighted by Crippen LogP contribution is -2.21. The standard InChI is InChI=1S/C24H23F3N2O7/c1-14(30)33-7-8-34-20-11-17(32-2)5-4-16(20)12-29-23(31)18(22(28-29)24(25,26)27)9-15-3-6-19-21(10-15)36-13-35-19/h3-6,10-11,28H,7-9,12-13H2,1-2H3. The lowest BCUT2D eigenvalue weighted by Gasteiger charge is -2.13. The summed E-state index contributed by atoms with van der Waals surface area (Å²) in [6.07, 6.45) is -5.04. The number of hydrogen-bond acceptors (Lipinski definition) is 7. The molecule has 1 aliphatic rings. The Kier molecular flexibility index (Phi) is 7.13. The third-order valence-corrected chi connectivity index (χ3v) is 5.40. The molecular formula is C24H23F3N2O7. The number of alkyl halides is 3. The van der Waals surface area contributed by atoms with Crippen molar-refractivity contribution in [2.75, 3.05) is 27.1 Å². The Balaban J connectivity index is 1.63. The van der Waals surface area contributed by atoms with Crippen LogP contribution in [0, 0.1) is 0 Å². The molecule has 0 saturated carbocycles. The molecule has 0 aliphatic carbocycles. The summed E-state index contributed by atoms with van der Waals surface area (Å²) < 4.78 is 68.6. The number of hydrogen-bond donors (Lipinski definition) is 1. The van der Waals surface area contributed by atoms with E-state index in [1.807, 2.05) is 0 Å². The molecule has 0 atom stereocenters. The zero-order valence-electron chi connectivity index (χ0n) is 19.4. The summed E-state index contributed by atoms with van der Waals surface area (Å²) >= 11 is 0. The molecule has 3 aromatic rings. The van der Waals surface area contributed by atoms with E-state index in [9.17, 15) is 22.8 Å². The molecule has 0 spiro atoms. The van der Waals surface area contributed by atoms with E-state index >= 15 is 0 Å². The highest BCUT2D eigenvalue weighted by atomic mass is 19.4.